The maximum atomic E-state index is 12.0. The zero-order chi connectivity index (χ0) is 11.5. The first-order chi connectivity index (χ1) is 6.96. The lowest BCUT2D eigenvalue weighted by Gasteiger charge is -2.08. The summed E-state index contributed by atoms with van der Waals surface area (Å²) in [7, 11) is 0. The third-order valence-corrected chi connectivity index (χ3v) is 2.25. The molecule has 0 radical (unpaired) electrons. The maximum Gasteiger partial charge on any atom is 0.390 e. The van der Waals surface area contributed by atoms with Crippen molar-refractivity contribution in [2.24, 2.45) is 0 Å². The van der Waals surface area contributed by atoms with Gasteiger partial charge in [0.1, 0.15) is 0 Å². The first-order valence-corrected chi connectivity index (χ1v) is 5.08. The normalized spacial score (nSPS) is 12.1. The highest BCUT2D eigenvalue weighted by Crippen LogP contribution is 2.20. The van der Waals surface area contributed by atoms with Crippen molar-refractivity contribution in [3.05, 3.63) is 17.5 Å². The van der Waals surface area contributed by atoms with Crippen LogP contribution >= 0.6 is 0 Å². The summed E-state index contributed by atoms with van der Waals surface area (Å²) in [6.45, 7) is 3.78. The molecule has 0 aliphatic carbocycles. The van der Waals surface area contributed by atoms with Gasteiger partial charge in [0.2, 0.25) is 0 Å². The fourth-order valence-corrected chi connectivity index (χ4v) is 1.40. The van der Waals surface area contributed by atoms with Crippen molar-refractivity contribution in [2.75, 3.05) is 0 Å². The quantitative estimate of drug-likeness (QED) is 0.762. The molecule has 0 bridgehead atoms. The lowest BCUT2D eigenvalue weighted by Crippen LogP contribution is -2.14. The molecular weight excluding hydrogens is 205 g/mol. The van der Waals surface area contributed by atoms with Crippen LogP contribution in [-0.2, 0) is 19.4 Å². The Bertz CT molecular complexity index is 315. The number of hydrogen-bond donors (Lipinski definition) is 0. The van der Waals surface area contributed by atoms with Crippen LogP contribution in [0.2, 0.25) is 0 Å². The van der Waals surface area contributed by atoms with Crippen molar-refractivity contribution in [1.29, 1.82) is 0 Å². The van der Waals surface area contributed by atoms with Gasteiger partial charge in [0.05, 0.1) is 12.1 Å². The number of halogens is 3. The molecule has 0 saturated heterocycles. The Hall–Kier alpha value is -1.00. The summed E-state index contributed by atoms with van der Waals surface area (Å²) in [6, 6.07) is 1.87. The van der Waals surface area contributed by atoms with E-state index in [1.54, 1.807) is 0 Å². The largest absolute Gasteiger partial charge is 0.390 e. The van der Waals surface area contributed by atoms with Gasteiger partial charge < -0.3 is 0 Å². The summed E-state index contributed by atoms with van der Waals surface area (Å²) in [5, 5.41) is 4.12. The monoisotopic (exact) mass is 220 g/mol. The molecule has 0 spiro atoms. The van der Waals surface area contributed by atoms with Gasteiger partial charge in [0.25, 0.3) is 0 Å². The molecule has 0 fully saturated rings. The van der Waals surface area contributed by atoms with E-state index in [0.29, 0.717) is 6.42 Å². The van der Waals surface area contributed by atoms with Crippen molar-refractivity contribution in [1.82, 2.24) is 9.78 Å². The summed E-state index contributed by atoms with van der Waals surface area (Å²) >= 11 is 0. The topological polar surface area (TPSA) is 17.8 Å². The number of hydrogen-bond acceptors (Lipinski definition) is 1. The van der Waals surface area contributed by atoms with Gasteiger partial charge in [-0.1, -0.05) is 13.8 Å². The minimum Gasteiger partial charge on any atom is -0.269 e. The number of aromatic nitrogens is 2. The van der Waals surface area contributed by atoms with Crippen molar-refractivity contribution in [3.8, 4) is 0 Å². The third kappa shape index (κ3) is 3.57. The van der Waals surface area contributed by atoms with Crippen LogP contribution in [0.25, 0.3) is 0 Å². The van der Waals surface area contributed by atoms with Crippen LogP contribution in [0.3, 0.4) is 0 Å². The first-order valence-electron chi connectivity index (χ1n) is 5.08. The van der Waals surface area contributed by atoms with Crippen LogP contribution in [0.15, 0.2) is 6.07 Å². The molecule has 5 heteroatoms. The van der Waals surface area contributed by atoms with Gasteiger partial charge in [0, 0.05) is 12.2 Å². The van der Waals surface area contributed by atoms with Crippen LogP contribution in [0.4, 0.5) is 13.2 Å². The van der Waals surface area contributed by atoms with Crippen LogP contribution in [0, 0.1) is 0 Å². The van der Waals surface area contributed by atoms with Crippen LogP contribution in [-0.4, -0.2) is 16.0 Å². The van der Waals surface area contributed by atoms with Gasteiger partial charge >= 0.3 is 6.18 Å². The van der Waals surface area contributed by atoms with Gasteiger partial charge in [-0.25, -0.2) is 0 Å². The Labute approximate surface area is 87.1 Å². The van der Waals surface area contributed by atoms with Crippen molar-refractivity contribution in [2.45, 2.75) is 45.8 Å². The molecule has 0 aromatic carbocycles. The van der Waals surface area contributed by atoms with E-state index in [-0.39, 0.29) is 6.54 Å². The highest BCUT2D eigenvalue weighted by Gasteiger charge is 2.27. The molecule has 86 valence electrons. The molecule has 1 rings (SSSR count). The number of aryl methyl sites for hydroxylation is 3. The molecule has 1 aromatic rings. The average Bonchev–Trinajstić information content (AvgIpc) is 2.56. The Morgan fingerprint density at radius 1 is 1.27 bits per heavy atom. The van der Waals surface area contributed by atoms with Gasteiger partial charge in [-0.05, 0) is 18.9 Å². The SMILES string of the molecule is CCc1cc(CC)n(CCC(F)(F)F)n1. The molecule has 0 saturated carbocycles. The number of nitrogens with zero attached hydrogens (tertiary/aromatic N) is 2. The lowest BCUT2D eigenvalue weighted by atomic mass is 10.2. The Morgan fingerprint density at radius 2 is 1.93 bits per heavy atom. The molecule has 0 aliphatic heterocycles. The van der Waals surface area contributed by atoms with Crippen LogP contribution < -0.4 is 0 Å². The van der Waals surface area contributed by atoms with E-state index in [9.17, 15) is 13.2 Å². The molecule has 15 heavy (non-hydrogen) atoms. The van der Waals surface area contributed by atoms with E-state index < -0.39 is 12.6 Å². The highest BCUT2D eigenvalue weighted by atomic mass is 19.4. The Kier molecular flexibility index (Phi) is 3.77. The van der Waals surface area contributed by atoms with E-state index in [4.69, 9.17) is 0 Å². The van der Waals surface area contributed by atoms with Gasteiger partial charge in [0.15, 0.2) is 0 Å². The van der Waals surface area contributed by atoms with E-state index >= 15 is 0 Å². The molecule has 0 aliphatic rings. The summed E-state index contributed by atoms with van der Waals surface area (Å²) in [5.41, 5.74) is 1.73. The molecule has 2 nitrogen and oxygen atoms in total. The molecule has 0 unspecified atom stereocenters. The second-order valence-electron chi connectivity index (χ2n) is 3.42. The first kappa shape index (κ1) is 12.1. The third-order valence-electron chi connectivity index (χ3n) is 2.25. The summed E-state index contributed by atoms with van der Waals surface area (Å²) < 4.78 is 37.5. The minimum absolute atomic E-state index is 0.0767. The highest BCUT2D eigenvalue weighted by molar-refractivity contribution is 5.10. The Balaban J connectivity index is 2.71. The molecule has 1 heterocycles. The smallest absolute Gasteiger partial charge is 0.269 e. The zero-order valence-corrected chi connectivity index (χ0v) is 8.93. The molecule has 0 atom stereocenters. The second kappa shape index (κ2) is 4.68. The second-order valence-corrected chi connectivity index (χ2v) is 3.42. The van der Waals surface area contributed by atoms with E-state index in [1.807, 2.05) is 19.9 Å². The molecular formula is C10H15F3N2. The zero-order valence-electron chi connectivity index (χ0n) is 8.93. The Morgan fingerprint density at radius 3 is 2.40 bits per heavy atom. The van der Waals surface area contributed by atoms with Crippen LogP contribution in [0.5, 0.6) is 0 Å². The van der Waals surface area contributed by atoms with Gasteiger partial charge in [-0.2, -0.15) is 18.3 Å². The maximum absolute atomic E-state index is 12.0. The average molecular weight is 220 g/mol. The standard InChI is InChI=1S/C10H15F3N2/c1-3-8-7-9(4-2)15(14-8)6-5-10(11,12)13/h7H,3-6H2,1-2H3. The number of alkyl halides is 3. The van der Waals surface area contributed by atoms with E-state index in [2.05, 4.69) is 5.10 Å². The molecule has 0 amide bonds. The van der Waals surface area contributed by atoms with Gasteiger partial charge in [-0.15, -0.1) is 0 Å². The molecule has 1 aromatic heterocycles. The predicted molar refractivity (Wildman–Crippen MR) is 51.7 cm³/mol. The summed E-state index contributed by atoms with van der Waals surface area (Å²) in [5.74, 6) is 0. The van der Waals surface area contributed by atoms with Gasteiger partial charge in [-0.3, -0.25) is 4.68 Å². The van der Waals surface area contributed by atoms with Crippen molar-refractivity contribution < 1.29 is 13.2 Å². The summed E-state index contributed by atoms with van der Waals surface area (Å²) in [4.78, 5) is 0. The van der Waals surface area contributed by atoms with E-state index in [0.717, 1.165) is 17.8 Å². The van der Waals surface area contributed by atoms with E-state index in [1.165, 1.54) is 4.68 Å². The number of rotatable bonds is 4. The summed E-state index contributed by atoms with van der Waals surface area (Å²) in [6.07, 6.45) is -3.45. The fraction of sp³-hybridized carbons (Fsp3) is 0.700. The fourth-order valence-electron chi connectivity index (χ4n) is 1.40. The minimum atomic E-state index is -4.11. The predicted octanol–water partition coefficient (Wildman–Crippen LogP) is 2.96. The molecule has 0 N–H and O–H groups in total. The lowest BCUT2D eigenvalue weighted by molar-refractivity contribution is -0.137. The van der Waals surface area contributed by atoms with Crippen molar-refractivity contribution in [3.63, 3.8) is 0 Å². The van der Waals surface area contributed by atoms with Crippen molar-refractivity contribution >= 4 is 0 Å². The van der Waals surface area contributed by atoms with Crippen LogP contribution in [0.1, 0.15) is 31.7 Å².